The van der Waals surface area contributed by atoms with Crippen LogP contribution < -0.4 is 10.6 Å². The van der Waals surface area contributed by atoms with Crippen molar-refractivity contribution in [3.8, 4) is 5.69 Å². The SMILES string of the molecule is C=c1c(=CN(C)C)c(CSc2cc(C)c(Cl)cc2Cl)nn1-c1ccccc1. The molecule has 3 nitrogen and oxygen atoms in total. The van der Waals surface area contributed by atoms with E-state index in [1.807, 2.05) is 67.0 Å². The summed E-state index contributed by atoms with van der Waals surface area (Å²) in [5.41, 5.74) is 2.97. The maximum absolute atomic E-state index is 6.36. The second-order valence-electron chi connectivity index (χ2n) is 6.47. The molecule has 0 aliphatic carbocycles. The van der Waals surface area contributed by atoms with E-state index in [2.05, 4.69) is 12.8 Å². The topological polar surface area (TPSA) is 21.1 Å². The molecule has 0 saturated heterocycles. The second kappa shape index (κ2) is 8.42. The van der Waals surface area contributed by atoms with E-state index in [1.165, 1.54) is 0 Å². The number of halogens is 2. The fourth-order valence-electron chi connectivity index (χ4n) is 2.70. The molecule has 3 rings (SSSR count). The summed E-state index contributed by atoms with van der Waals surface area (Å²) in [7, 11) is 3.99. The molecule has 0 bridgehead atoms. The summed E-state index contributed by atoms with van der Waals surface area (Å²) in [6, 6.07) is 13.8. The van der Waals surface area contributed by atoms with E-state index in [1.54, 1.807) is 17.8 Å². The quantitative estimate of drug-likeness (QED) is 0.570. The van der Waals surface area contributed by atoms with Gasteiger partial charge in [-0.15, -0.1) is 11.8 Å². The summed E-state index contributed by atoms with van der Waals surface area (Å²) >= 11 is 14.2. The van der Waals surface area contributed by atoms with Gasteiger partial charge in [0.2, 0.25) is 0 Å². The predicted molar refractivity (Wildman–Crippen MR) is 117 cm³/mol. The predicted octanol–water partition coefficient (Wildman–Crippen LogP) is 4.49. The highest BCUT2D eigenvalue weighted by Gasteiger charge is 2.11. The maximum atomic E-state index is 6.36. The lowest BCUT2D eigenvalue weighted by Crippen LogP contribution is -2.30. The number of rotatable bonds is 5. The molecule has 3 aromatic rings. The van der Waals surface area contributed by atoms with Crippen molar-refractivity contribution in [1.82, 2.24) is 14.7 Å². The molecular weight excluding hydrogens is 397 g/mol. The Labute approximate surface area is 173 Å². The highest BCUT2D eigenvalue weighted by atomic mass is 35.5. The molecule has 27 heavy (non-hydrogen) atoms. The van der Waals surface area contributed by atoms with Crippen molar-refractivity contribution in [2.75, 3.05) is 14.1 Å². The molecule has 1 heterocycles. The van der Waals surface area contributed by atoms with Crippen molar-refractivity contribution < 1.29 is 0 Å². The molecule has 1 aromatic heterocycles. The smallest absolute Gasteiger partial charge is 0.0824 e. The highest BCUT2D eigenvalue weighted by Crippen LogP contribution is 2.33. The van der Waals surface area contributed by atoms with E-state index in [0.29, 0.717) is 15.8 Å². The molecule has 0 amide bonds. The van der Waals surface area contributed by atoms with Gasteiger partial charge >= 0.3 is 0 Å². The number of hydrogen-bond donors (Lipinski definition) is 0. The summed E-state index contributed by atoms with van der Waals surface area (Å²) < 4.78 is 1.89. The first-order valence-corrected chi connectivity index (χ1v) is 10.2. The Kier molecular flexibility index (Phi) is 6.20. The van der Waals surface area contributed by atoms with Gasteiger partial charge in [0.05, 0.1) is 21.8 Å². The molecule has 140 valence electrons. The van der Waals surface area contributed by atoms with E-state index in [9.17, 15) is 0 Å². The van der Waals surface area contributed by atoms with Gasteiger partial charge in [0.15, 0.2) is 0 Å². The molecule has 0 N–H and O–H groups in total. The standard InChI is InChI=1S/C21H21Cl2N3S/c1-14-10-21(19(23)11-18(14)22)27-13-20-17(12-25(3)4)15(2)26(24-20)16-8-6-5-7-9-16/h5-12H,2,13H2,1,3-4H3. The number of hydrogen-bond acceptors (Lipinski definition) is 3. The summed E-state index contributed by atoms with van der Waals surface area (Å²) in [6.45, 7) is 6.24. The van der Waals surface area contributed by atoms with Crippen molar-refractivity contribution >= 4 is 47.7 Å². The van der Waals surface area contributed by atoms with Crippen LogP contribution in [0.4, 0.5) is 0 Å². The van der Waals surface area contributed by atoms with Gasteiger partial charge in [-0.3, -0.25) is 0 Å². The summed E-state index contributed by atoms with van der Waals surface area (Å²) in [5, 5.41) is 8.05. The number of para-hydroxylation sites is 1. The van der Waals surface area contributed by atoms with Gasteiger partial charge in [-0.2, -0.15) is 5.10 Å². The van der Waals surface area contributed by atoms with Crippen LogP contribution in [0.3, 0.4) is 0 Å². The van der Waals surface area contributed by atoms with E-state index in [4.69, 9.17) is 28.3 Å². The number of nitrogens with zero attached hydrogens (tertiary/aromatic N) is 3. The van der Waals surface area contributed by atoms with Gasteiger partial charge in [0, 0.05) is 41.2 Å². The van der Waals surface area contributed by atoms with Crippen molar-refractivity contribution in [1.29, 1.82) is 0 Å². The van der Waals surface area contributed by atoms with Crippen molar-refractivity contribution in [3.05, 3.63) is 74.3 Å². The fraction of sp³-hybridized carbons (Fsp3) is 0.190. The molecular formula is C21H21Cl2N3S. The lowest BCUT2D eigenvalue weighted by molar-refractivity contribution is 0.613. The van der Waals surface area contributed by atoms with Crippen molar-refractivity contribution in [3.63, 3.8) is 0 Å². The lowest BCUT2D eigenvalue weighted by Gasteiger charge is -2.07. The normalized spacial score (nSPS) is 11.8. The van der Waals surface area contributed by atoms with Crippen LogP contribution in [0.1, 0.15) is 11.3 Å². The Balaban J connectivity index is 2.00. The van der Waals surface area contributed by atoms with Crippen LogP contribution in [0.15, 0.2) is 47.4 Å². The first-order valence-electron chi connectivity index (χ1n) is 8.46. The van der Waals surface area contributed by atoms with Crippen LogP contribution in [0.2, 0.25) is 10.0 Å². The number of thioether (sulfide) groups is 1. The van der Waals surface area contributed by atoms with Crippen molar-refractivity contribution in [2.24, 2.45) is 0 Å². The third-order valence-electron chi connectivity index (χ3n) is 4.06. The van der Waals surface area contributed by atoms with Crippen LogP contribution in [0.25, 0.3) is 18.5 Å². The second-order valence-corrected chi connectivity index (χ2v) is 8.30. The first-order chi connectivity index (χ1) is 12.9. The van der Waals surface area contributed by atoms with Crippen LogP contribution >= 0.6 is 35.0 Å². The minimum atomic E-state index is 0.658. The van der Waals surface area contributed by atoms with Gasteiger partial charge in [0.25, 0.3) is 0 Å². The molecule has 0 fully saturated rings. The maximum Gasteiger partial charge on any atom is 0.0824 e. The average molecular weight is 418 g/mol. The van der Waals surface area contributed by atoms with E-state index in [0.717, 1.165) is 32.4 Å². The zero-order valence-electron chi connectivity index (χ0n) is 15.5. The Morgan fingerprint density at radius 2 is 1.85 bits per heavy atom. The summed E-state index contributed by atoms with van der Waals surface area (Å²) in [5.74, 6) is 0.683. The summed E-state index contributed by atoms with van der Waals surface area (Å²) in [6.07, 6.45) is 2.05. The molecule has 0 aliphatic heterocycles. The average Bonchev–Trinajstić information content (AvgIpc) is 2.93. The molecule has 0 spiro atoms. The van der Waals surface area contributed by atoms with Crippen LogP contribution in [-0.4, -0.2) is 28.8 Å². The van der Waals surface area contributed by atoms with E-state index in [-0.39, 0.29) is 0 Å². The Bertz CT molecular complexity index is 1060. The van der Waals surface area contributed by atoms with Gasteiger partial charge in [0.1, 0.15) is 0 Å². The third-order valence-corrected chi connectivity index (χ3v) is 5.96. The third kappa shape index (κ3) is 4.52. The lowest BCUT2D eigenvalue weighted by atomic mass is 10.2. The largest absolute Gasteiger partial charge is 0.383 e. The zero-order chi connectivity index (χ0) is 19.6. The molecule has 6 heteroatoms. The molecule has 0 aliphatic rings. The number of aromatic nitrogens is 2. The van der Waals surface area contributed by atoms with Gasteiger partial charge < -0.3 is 4.90 Å². The Hall–Kier alpha value is -1.88. The fourth-order valence-corrected chi connectivity index (χ4v) is 4.21. The molecule has 2 aromatic carbocycles. The van der Waals surface area contributed by atoms with Crippen LogP contribution in [0, 0.1) is 6.92 Å². The van der Waals surface area contributed by atoms with E-state index < -0.39 is 0 Å². The zero-order valence-corrected chi connectivity index (χ0v) is 17.9. The minimum absolute atomic E-state index is 0.658. The summed E-state index contributed by atoms with van der Waals surface area (Å²) in [4.78, 5) is 3.00. The molecule has 0 saturated carbocycles. The van der Waals surface area contributed by atoms with Crippen LogP contribution in [0.5, 0.6) is 0 Å². The highest BCUT2D eigenvalue weighted by molar-refractivity contribution is 7.98. The minimum Gasteiger partial charge on any atom is -0.383 e. The molecule has 0 atom stereocenters. The van der Waals surface area contributed by atoms with Gasteiger partial charge in [-0.05, 0) is 36.8 Å². The van der Waals surface area contributed by atoms with Crippen LogP contribution in [-0.2, 0) is 5.75 Å². The van der Waals surface area contributed by atoms with E-state index >= 15 is 0 Å². The molecule has 0 radical (unpaired) electrons. The van der Waals surface area contributed by atoms with Crippen molar-refractivity contribution in [2.45, 2.75) is 17.6 Å². The van der Waals surface area contributed by atoms with Gasteiger partial charge in [-0.25, -0.2) is 4.68 Å². The Morgan fingerprint density at radius 1 is 1.15 bits per heavy atom. The molecule has 0 unspecified atom stereocenters. The number of aryl methyl sites for hydroxylation is 1. The number of benzene rings is 2. The Morgan fingerprint density at radius 3 is 2.52 bits per heavy atom. The first kappa shape index (κ1) is 19.9. The monoisotopic (exact) mass is 417 g/mol. The van der Waals surface area contributed by atoms with Gasteiger partial charge in [-0.1, -0.05) is 48.0 Å².